The summed E-state index contributed by atoms with van der Waals surface area (Å²) in [7, 11) is 0. The molecular weight excluding hydrogens is 195 g/mol. The fourth-order valence-electron chi connectivity index (χ4n) is 0.819. The van der Waals surface area contributed by atoms with E-state index in [1.54, 1.807) is 12.1 Å². The summed E-state index contributed by atoms with van der Waals surface area (Å²) in [6.45, 7) is 4.55. The van der Waals surface area contributed by atoms with Crippen molar-refractivity contribution >= 4 is 23.2 Å². The molecule has 0 heterocycles. The molecule has 1 aromatic rings. The van der Waals surface area contributed by atoms with Crippen molar-refractivity contribution in [3.05, 3.63) is 40.7 Å². The van der Waals surface area contributed by atoms with Gasteiger partial charge in [-0.25, -0.2) is 0 Å². The molecule has 12 heavy (non-hydrogen) atoms. The van der Waals surface area contributed by atoms with Crippen LogP contribution in [0.5, 0.6) is 0 Å². The minimum Gasteiger partial charge on any atom is -0.377 e. The van der Waals surface area contributed by atoms with Gasteiger partial charge in [0.25, 0.3) is 0 Å². The molecule has 1 aromatic carbocycles. The smallest absolute Gasteiger partial charge is 0.0717 e. The predicted octanol–water partition coefficient (Wildman–Crippen LogP) is 3.34. The molecule has 0 aliphatic heterocycles. The molecule has 1 nitrogen and oxygen atoms in total. The summed E-state index contributed by atoms with van der Waals surface area (Å²) in [5.74, 6) is 0. The van der Waals surface area contributed by atoms with Crippen molar-refractivity contribution in [2.45, 2.75) is 6.61 Å². The Morgan fingerprint density at radius 1 is 1.25 bits per heavy atom. The maximum Gasteiger partial charge on any atom is 0.0717 e. The highest BCUT2D eigenvalue weighted by molar-refractivity contribution is 6.41. The number of halogens is 2. The third kappa shape index (κ3) is 2.67. The minimum absolute atomic E-state index is 0.459. The van der Waals surface area contributed by atoms with Gasteiger partial charge < -0.3 is 4.74 Å². The van der Waals surface area contributed by atoms with Gasteiger partial charge in [0.15, 0.2) is 0 Å². The first-order valence-corrected chi connectivity index (χ1v) is 4.30. The van der Waals surface area contributed by atoms with E-state index >= 15 is 0 Å². The molecule has 0 saturated carbocycles. The van der Waals surface area contributed by atoms with Crippen molar-refractivity contribution < 1.29 is 4.74 Å². The Hall–Kier alpha value is -0.240. The molecule has 1 rings (SSSR count). The number of hydrogen-bond donors (Lipinski definition) is 0. The molecule has 0 saturated heterocycles. The third-order valence-corrected chi connectivity index (χ3v) is 2.14. The minimum atomic E-state index is 0.459. The zero-order valence-electron chi connectivity index (χ0n) is 6.52. The molecule has 0 bridgehead atoms. The molecule has 0 fully saturated rings. The highest BCUT2D eigenvalue weighted by atomic mass is 35.5. The van der Waals surface area contributed by atoms with Gasteiger partial charge in [-0.3, -0.25) is 0 Å². The molecule has 0 atom stereocenters. The van der Waals surface area contributed by atoms with Crippen molar-refractivity contribution in [2.24, 2.45) is 0 Å². The summed E-state index contributed by atoms with van der Waals surface area (Å²) in [4.78, 5) is 0. The van der Waals surface area contributed by atoms with Gasteiger partial charge in [0.1, 0.15) is 0 Å². The highest BCUT2D eigenvalue weighted by Crippen LogP contribution is 2.22. The van der Waals surface area contributed by atoms with E-state index in [1.165, 1.54) is 0 Å². The number of hydrogen-bond acceptors (Lipinski definition) is 1. The lowest BCUT2D eigenvalue weighted by molar-refractivity contribution is 0.147. The lowest BCUT2D eigenvalue weighted by Gasteiger charge is -2.02. The lowest BCUT2D eigenvalue weighted by Crippen LogP contribution is -1.91. The van der Waals surface area contributed by atoms with Gasteiger partial charge in [0, 0.05) is 6.61 Å². The van der Waals surface area contributed by atoms with Crippen molar-refractivity contribution in [3.63, 3.8) is 0 Å². The molecule has 0 amide bonds. The van der Waals surface area contributed by atoms with Gasteiger partial charge in [-0.1, -0.05) is 29.3 Å². The number of benzene rings is 1. The van der Waals surface area contributed by atoms with Crippen LogP contribution in [-0.2, 0) is 11.3 Å². The fourth-order valence-corrected chi connectivity index (χ4v) is 1.14. The largest absolute Gasteiger partial charge is 0.377 e. The molecule has 0 spiro atoms. The van der Waals surface area contributed by atoms with Gasteiger partial charge in [0.2, 0.25) is 0 Å². The third-order valence-electron chi connectivity index (χ3n) is 1.40. The van der Waals surface area contributed by atoms with Crippen LogP contribution in [0.25, 0.3) is 0 Å². The number of ether oxygens (including phenoxy) is 1. The average molecular weight is 204 g/mol. The monoisotopic (exact) mass is 203 g/mol. The van der Waals surface area contributed by atoms with E-state index in [2.05, 4.69) is 6.92 Å². The quantitative estimate of drug-likeness (QED) is 0.733. The van der Waals surface area contributed by atoms with Gasteiger partial charge in [-0.2, -0.15) is 0 Å². The van der Waals surface area contributed by atoms with Crippen LogP contribution in [0.1, 0.15) is 5.56 Å². The van der Waals surface area contributed by atoms with Crippen LogP contribution in [0.3, 0.4) is 0 Å². The SMILES string of the molecule is [CH2]COCc1ccc(Cl)c(Cl)c1. The zero-order valence-corrected chi connectivity index (χ0v) is 8.03. The maximum atomic E-state index is 5.79. The Bertz CT molecular complexity index is 261. The van der Waals surface area contributed by atoms with Crippen LogP contribution < -0.4 is 0 Å². The Balaban J connectivity index is 2.69. The Labute approximate surface area is 82.2 Å². The van der Waals surface area contributed by atoms with E-state index in [9.17, 15) is 0 Å². The van der Waals surface area contributed by atoms with E-state index in [1.807, 2.05) is 6.07 Å². The summed E-state index contributed by atoms with van der Waals surface area (Å²) in [6, 6.07) is 5.43. The Morgan fingerprint density at radius 2 is 2.00 bits per heavy atom. The first-order valence-electron chi connectivity index (χ1n) is 3.55. The van der Waals surface area contributed by atoms with Gasteiger partial charge >= 0.3 is 0 Å². The zero-order chi connectivity index (χ0) is 8.97. The first-order chi connectivity index (χ1) is 5.74. The van der Waals surface area contributed by atoms with E-state index in [4.69, 9.17) is 27.9 Å². The molecule has 0 N–H and O–H groups in total. The van der Waals surface area contributed by atoms with E-state index in [0.717, 1.165) is 5.56 Å². The van der Waals surface area contributed by atoms with Crippen LogP contribution in [0.15, 0.2) is 18.2 Å². The van der Waals surface area contributed by atoms with E-state index in [-0.39, 0.29) is 0 Å². The van der Waals surface area contributed by atoms with Crippen LogP contribution >= 0.6 is 23.2 Å². The Kier molecular flexibility index (Phi) is 3.86. The molecule has 0 aliphatic carbocycles. The average Bonchev–Trinajstić information content (AvgIpc) is 2.07. The predicted molar refractivity (Wildman–Crippen MR) is 51.5 cm³/mol. The fraction of sp³-hybridized carbons (Fsp3) is 0.222. The van der Waals surface area contributed by atoms with Crippen molar-refractivity contribution in [3.8, 4) is 0 Å². The van der Waals surface area contributed by atoms with Gasteiger partial charge in [-0.15, -0.1) is 0 Å². The second-order valence-corrected chi connectivity index (χ2v) is 3.12. The van der Waals surface area contributed by atoms with Crippen molar-refractivity contribution in [1.29, 1.82) is 0 Å². The van der Waals surface area contributed by atoms with E-state index < -0.39 is 0 Å². The lowest BCUT2D eigenvalue weighted by atomic mass is 10.2. The molecule has 3 heteroatoms. The summed E-state index contributed by atoms with van der Waals surface area (Å²) in [5, 5.41) is 1.12. The highest BCUT2D eigenvalue weighted by Gasteiger charge is 1.98. The summed E-state index contributed by atoms with van der Waals surface area (Å²) >= 11 is 11.5. The maximum absolute atomic E-state index is 5.79. The molecule has 0 aliphatic rings. The van der Waals surface area contributed by atoms with Gasteiger partial charge in [0.05, 0.1) is 16.7 Å². The normalized spacial score (nSPS) is 10.2. The second kappa shape index (κ2) is 4.70. The number of rotatable bonds is 3. The van der Waals surface area contributed by atoms with Crippen LogP contribution in [-0.4, -0.2) is 6.61 Å². The van der Waals surface area contributed by atoms with Gasteiger partial charge in [-0.05, 0) is 24.6 Å². The topological polar surface area (TPSA) is 9.23 Å². The van der Waals surface area contributed by atoms with Crippen molar-refractivity contribution in [1.82, 2.24) is 0 Å². The molecule has 65 valence electrons. The molecule has 0 aromatic heterocycles. The van der Waals surface area contributed by atoms with Crippen LogP contribution in [0.4, 0.5) is 0 Å². The van der Waals surface area contributed by atoms with E-state index in [0.29, 0.717) is 23.3 Å². The van der Waals surface area contributed by atoms with Crippen molar-refractivity contribution in [2.75, 3.05) is 6.61 Å². The Morgan fingerprint density at radius 3 is 2.58 bits per heavy atom. The summed E-state index contributed by atoms with van der Waals surface area (Å²) < 4.78 is 5.10. The second-order valence-electron chi connectivity index (χ2n) is 2.30. The summed E-state index contributed by atoms with van der Waals surface area (Å²) in [6.07, 6.45) is 0. The first kappa shape index (κ1) is 9.85. The van der Waals surface area contributed by atoms with Crippen LogP contribution in [0.2, 0.25) is 10.0 Å². The molecular formula is C9H9Cl2O. The molecule has 1 radical (unpaired) electrons. The summed E-state index contributed by atoms with van der Waals surface area (Å²) in [5.41, 5.74) is 1.01. The standard InChI is InChI=1S/C9H9Cl2O/c1-2-12-6-7-3-4-8(10)9(11)5-7/h3-5H,1-2,6H2. The molecule has 0 unspecified atom stereocenters. The van der Waals surface area contributed by atoms with Crippen LogP contribution in [0, 0.1) is 6.92 Å².